The molecule has 2 aromatic heterocycles. The minimum atomic E-state index is -0.481. The van der Waals surface area contributed by atoms with Gasteiger partial charge in [0.25, 0.3) is 0 Å². The van der Waals surface area contributed by atoms with Gasteiger partial charge in [-0.15, -0.1) is 0 Å². The highest BCUT2D eigenvalue weighted by Gasteiger charge is 2.09. The van der Waals surface area contributed by atoms with Crippen molar-refractivity contribution in [3.63, 3.8) is 0 Å². The van der Waals surface area contributed by atoms with Crippen LogP contribution in [0.25, 0.3) is 0 Å². The predicted octanol–water partition coefficient (Wildman–Crippen LogP) is 2.86. The van der Waals surface area contributed by atoms with Crippen LogP contribution in [0.15, 0.2) is 36.5 Å². The first-order valence-corrected chi connectivity index (χ1v) is 6.91. The molecule has 20 heavy (non-hydrogen) atoms. The average molecular weight is 271 g/mol. The molecular formula is C16H21N3O. The van der Waals surface area contributed by atoms with Gasteiger partial charge in [0.05, 0.1) is 18.3 Å². The standard InChI is InChI=1S/C16H21N3O/c1-4-19(11-15-7-5-6-12(2)18-15)16-9-8-14(10-17-16)13(3)20/h5-10,13,20H,4,11H2,1-3H3/t13-/m1/s1. The van der Waals surface area contributed by atoms with Crippen molar-refractivity contribution in [3.05, 3.63) is 53.5 Å². The van der Waals surface area contributed by atoms with Gasteiger partial charge in [0.2, 0.25) is 0 Å². The maximum absolute atomic E-state index is 9.51. The zero-order chi connectivity index (χ0) is 14.5. The van der Waals surface area contributed by atoms with Crippen molar-refractivity contribution in [3.8, 4) is 0 Å². The largest absolute Gasteiger partial charge is 0.389 e. The molecule has 0 aromatic carbocycles. The molecule has 2 aromatic rings. The first-order valence-electron chi connectivity index (χ1n) is 6.91. The van der Waals surface area contributed by atoms with Gasteiger partial charge in [-0.05, 0) is 44.5 Å². The normalized spacial score (nSPS) is 12.2. The molecule has 0 fully saturated rings. The number of pyridine rings is 2. The Balaban J connectivity index is 2.15. The first-order chi connectivity index (χ1) is 9.60. The van der Waals surface area contributed by atoms with Crippen LogP contribution >= 0.6 is 0 Å². The van der Waals surface area contributed by atoms with Gasteiger partial charge >= 0.3 is 0 Å². The molecule has 0 amide bonds. The Morgan fingerprint density at radius 2 is 2.05 bits per heavy atom. The summed E-state index contributed by atoms with van der Waals surface area (Å²) < 4.78 is 0. The van der Waals surface area contributed by atoms with E-state index in [9.17, 15) is 5.11 Å². The maximum atomic E-state index is 9.51. The molecule has 1 atom stereocenters. The Morgan fingerprint density at radius 1 is 1.25 bits per heavy atom. The number of aliphatic hydroxyl groups excluding tert-OH is 1. The quantitative estimate of drug-likeness (QED) is 0.908. The van der Waals surface area contributed by atoms with Gasteiger partial charge in [-0.2, -0.15) is 0 Å². The molecule has 0 aliphatic rings. The average Bonchev–Trinajstić information content (AvgIpc) is 2.45. The number of hydrogen-bond acceptors (Lipinski definition) is 4. The molecule has 0 bridgehead atoms. The third kappa shape index (κ3) is 3.54. The van der Waals surface area contributed by atoms with Crippen molar-refractivity contribution < 1.29 is 5.11 Å². The molecule has 1 N–H and O–H groups in total. The van der Waals surface area contributed by atoms with E-state index in [4.69, 9.17) is 0 Å². The van der Waals surface area contributed by atoms with Gasteiger partial charge in [-0.3, -0.25) is 4.98 Å². The van der Waals surface area contributed by atoms with Gasteiger partial charge in [0.15, 0.2) is 0 Å². The van der Waals surface area contributed by atoms with E-state index in [1.807, 2.05) is 37.3 Å². The highest BCUT2D eigenvalue weighted by atomic mass is 16.3. The minimum Gasteiger partial charge on any atom is -0.389 e. The Kier molecular flexibility index (Phi) is 4.69. The van der Waals surface area contributed by atoms with Crippen LogP contribution < -0.4 is 4.90 Å². The zero-order valence-electron chi connectivity index (χ0n) is 12.2. The summed E-state index contributed by atoms with van der Waals surface area (Å²) >= 11 is 0. The lowest BCUT2D eigenvalue weighted by Gasteiger charge is -2.22. The fourth-order valence-electron chi connectivity index (χ4n) is 2.07. The van der Waals surface area contributed by atoms with Gasteiger partial charge in [0.1, 0.15) is 5.82 Å². The van der Waals surface area contributed by atoms with Crippen molar-refractivity contribution in [2.75, 3.05) is 11.4 Å². The van der Waals surface area contributed by atoms with E-state index in [0.717, 1.165) is 35.9 Å². The van der Waals surface area contributed by atoms with E-state index in [2.05, 4.69) is 21.8 Å². The van der Waals surface area contributed by atoms with E-state index >= 15 is 0 Å². The van der Waals surface area contributed by atoms with Gasteiger partial charge < -0.3 is 10.0 Å². The highest BCUT2D eigenvalue weighted by Crippen LogP contribution is 2.17. The number of aryl methyl sites for hydroxylation is 1. The predicted molar refractivity (Wildman–Crippen MR) is 80.6 cm³/mol. The van der Waals surface area contributed by atoms with Crippen molar-refractivity contribution in [2.24, 2.45) is 0 Å². The third-order valence-electron chi connectivity index (χ3n) is 3.26. The summed E-state index contributed by atoms with van der Waals surface area (Å²) in [6, 6.07) is 9.91. The summed E-state index contributed by atoms with van der Waals surface area (Å²) in [7, 11) is 0. The molecule has 0 unspecified atom stereocenters. The van der Waals surface area contributed by atoms with Crippen LogP contribution in [0.1, 0.15) is 36.9 Å². The molecule has 2 rings (SSSR count). The summed E-state index contributed by atoms with van der Waals surface area (Å²) in [5, 5.41) is 9.51. The molecule has 0 radical (unpaired) electrons. The fourth-order valence-corrected chi connectivity index (χ4v) is 2.07. The molecule has 0 saturated heterocycles. The Hall–Kier alpha value is -1.94. The van der Waals surface area contributed by atoms with Crippen LogP contribution in [-0.2, 0) is 6.54 Å². The summed E-state index contributed by atoms with van der Waals surface area (Å²) in [5.41, 5.74) is 2.89. The number of aromatic nitrogens is 2. The van der Waals surface area contributed by atoms with Crippen LogP contribution in [0.4, 0.5) is 5.82 Å². The first kappa shape index (κ1) is 14.5. The summed E-state index contributed by atoms with van der Waals surface area (Å²) in [5.74, 6) is 0.903. The van der Waals surface area contributed by atoms with Crippen LogP contribution in [0.2, 0.25) is 0 Å². The topological polar surface area (TPSA) is 49.2 Å². The summed E-state index contributed by atoms with van der Waals surface area (Å²) in [4.78, 5) is 11.1. The number of nitrogens with zero attached hydrogens (tertiary/aromatic N) is 3. The van der Waals surface area contributed by atoms with Crippen LogP contribution in [-0.4, -0.2) is 21.6 Å². The van der Waals surface area contributed by atoms with E-state index in [-0.39, 0.29) is 0 Å². The van der Waals surface area contributed by atoms with Crippen molar-refractivity contribution in [1.29, 1.82) is 0 Å². The second kappa shape index (κ2) is 6.48. The second-order valence-electron chi connectivity index (χ2n) is 4.91. The Bertz CT molecular complexity index is 552. The van der Waals surface area contributed by atoms with Gasteiger partial charge in [-0.1, -0.05) is 12.1 Å². The Morgan fingerprint density at radius 3 is 2.60 bits per heavy atom. The number of hydrogen-bond donors (Lipinski definition) is 1. The molecule has 0 aliphatic heterocycles. The van der Waals surface area contributed by atoms with Gasteiger partial charge in [-0.25, -0.2) is 4.98 Å². The number of aliphatic hydroxyl groups is 1. The van der Waals surface area contributed by atoms with E-state index in [0.29, 0.717) is 0 Å². The second-order valence-corrected chi connectivity index (χ2v) is 4.91. The summed E-state index contributed by atoms with van der Waals surface area (Å²) in [6.07, 6.45) is 1.25. The van der Waals surface area contributed by atoms with Crippen molar-refractivity contribution in [1.82, 2.24) is 9.97 Å². The van der Waals surface area contributed by atoms with Crippen molar-refractivity contribution >= 4 is 5.82 Å². The molecular weight excluding hydrogens is 250 g/mol. The lowest BCUT2D eigenvalue weighted by molar-refractivity contribution is 0.199. The van der Waals surface area contributed by atoms with Crippen LogP contribution in [0.3, 0.4) is 0 Å². The highest BCUT2D eigenvalue weighted by molar-refractivity contribution is 5.40. The van der Waals surface area contributed by atoms with E-state index in [1.165, 1.54) is 0 Å². The lowest BCUT2D eigenvalue weighted by Crippen LogP contribution is -2.23. The third-order valence-corrected chi connectivity index (χ3v) is 3.26. The van der Waals surface area contributed by atoms with Crippen molar-refractivity contribution in [2.45, 2.75) is 33.4 Å². The maximum Gasteiger partial charge on any atom is 0.128 e. The Labute approximate surface area is 120 Å². The minimum absolute atomic E-state index is 0.481. The molecule has 4 nitrogen and oxygen atoms in total. The zero-order valence-corrected chi connectivity index (χ0v) is 12.2. The van der Waals surface area contributed by atoms with Crippen LogP contribution in [0, 0.1) is 6.92 Å². The molecule has 0 spiro atoms. The summed E-state index contributed by atoms with van der Waals surface area (Å²) in [6.45, 7) is 7.43. The fraction of sp³-hybridized carbons (Fsp3) is 0.375. The van der Waals surface area contributed by atoms with Gasteiger partial charge in [0, 0.05) is 18.4 Å². The molecule has 0 saturated carbocycles. The number of rotatable bonds is 5. The molecule has 0 aliphatic carbocycles. The van der Waals surface area contributed by atoms with E-state index < -0.39 is 6.10 Å². The smallest absolute Gasteiger partial charge is 0.128 e. The number of anilines is 1. The molecule has 106 valence electrons. The van der Waals surface area contributed by atoms with Crippen LogP contribution in [0.5, 0.6) is 0 Å². The molecule has 4 heteroatoms. The monoisotopic (exact) mass is 271 g/mol. The SMILES string of the molecule is CCN(Cc1cccc(C)n1)c1ccc([C@@H](C)O)cn1. The lowest BCUT2D eigenvalue weighted by atomic mass is 10.2. The van der Waals surface area contributed by atoms with E-state index in [1.54, 1.807) is 13.1 Å². The molecule has 2 heterocycles.